The standard InChI is InChI=1S/C27H18I2O7/c1-12-22(25(30)16-9-14(28)3-6-18(16)35-12)23(13-2-5-20-21(8-13)34-11-33-20)24-26(31)17-10-15(29)4-7-19(17)36-27(24)32/h2-10,12,23,30-31H,11H2,1H3. The molecule has 2 aliphatic rings. The highest BCUT2D eigenvalue weighted by atomic mass is 127. The van der Waals surface area contributed by atoms with Gasteiger partial charge in [-0.1, -0.05) is 6.07 Å². The summed E-state index contributed by atoms with van der Waals surface area (Å²) in [5.41, 5.74) is 1.13. The third kappa shape index (κ3) is 3.79. The van der Waals surface area contributed by atoms with Crippen LogP contribution in [0.25, 0.3) is 16.7 Å². The van der Waals surface area contributed by atoms with Gasteiger partial charge in [-0.25, -0.2) is 4.79 Å². The number of fused-ring (bicyclic) bond motifs is 3. The quantitative estimate of drug-likeness (QED) is 0.190. The second kappa shape index (κ2) is 8.87. The van der Waals surface area contributed by atoms with E-state index >= 15 is 0 Å². The van der Waals surface area contributed by atoms with Crippen LogP contribution in [0.3, 0.4) is 0 Å². The lowest BCUT2D eigenvalue weighted by Crippen LogP contribution is -2.28. The maximum Gasteiger partial charge on any atom is 0.344 e. The second-order valence-corrected chi connectivity index (χ2v) is 11.0. The molecule has 0 amide bonds. The van der Waals surface area contributed by atoms with Gasteiger partial charge in [0.1, 0.15) is 28.9 Å². The molecule has 0 bridgehead atoms. The minimum Gasteiger partial charge on any atom is -0.507 e. The predicted molar refractivity (Wildman–Crippen MR) is 150 cm³/mol. The van der Waals surface area contributed by atoms with Crippen LogP contribution in [0.1, 0.15) is 29.5 Å². The van der Waals surface area contributed by atoms with Gasteiger partial charge in [-0.3, -0.25) is 0 Å². The molecule has 0 spiro atoms. The van der Waals surface area contributed by atoms with Gasteiger partial charge in [0.25, 0.3) is 0 Å². The SMILES string of the molecule is CC1Oc2ccc(I)cc2C(O)=C1C(c1ccc2c(c1)OCO2)c1c(O)c2cc(I)ccc2oc1=O. The first-order valence-electron chi connectivity index (χ1n) is 11.1. The number of benzene rings is 3. The Labute approximate surface area is 232 Å². The lowest BCUT2D eigenvalue weighted by Gasteiger charge is -2.32. The summed E-state index contributed by atoms with van der Waals surface area (Å²) in [7, 11) is 0. The van der Waals surface area contributed by atoms with Crippen LogP contribution in [0.15, 0.2) is 69.4 Å². The van der Waals surface area contributed by atoms with E-state index < -0.39 is 17.6 Å². The lowest BCUT2D eigenvalue weighted by molar-refractivity contribution is 0.174. The lowest BCUT2D eigenvalue weighted by atomic mass is 9.80. The Morgan fingerprint density at radius 1 is 0.917 bits per heavy atom. The van der Waals surface area contributed by atoms with Crippen LogP contribution in [-0.2, 0) is 0 Å². The Balaban J connectivity index is 1.67. The van der Waals surface area contributed by atoms with Crippen LogP contribution >= 0.6 is 45.2 Å². The van der Waals surface area contributed by atoms with Gasteiger partial charge in [0.05, 0.1) is 16.5 Å². The van der Waals surface area contributed by atoms with Gasteiger partial charge in [-0.2, -0.15) is 0 Å². The largest absolute Gasteiger partial charge is 0.507 e. The smallest absolute Gasteiger partial charge is 0.344 e. The van der Waals surface area contributed by atoms with Crippen molar-refractivity contribution in [3.63, 3.8) is 0 Å². The summed E-state index contributed by atoms with van der Waals surface area (Å²) < 4.78 is 24.7. The summed E-state index contributed by atoms with van der Waals surface area (Å²) in [6.45, 7) is 1.89. The molecule has 2 unspecified atom stereocenters. The summed E-state index contributed by atoms with van der Waals surface area (Å²) in [5, 5.41) is 23.4. The molecule has 9 heteroatoms. The molecule has 3 aromatic carbocycles. The number of ether oxygens (including phenoxy) is 3. The predicted octanol–water partition coefficient (Wildman–Crippen LogP) is 6.32. The third-order valence-electron chi connectivity index (χ3n) is 6.42. The normalized spacial score (nSPS) is 17.1. The van der Waals surface area contributed by atoms with Crippen molar-refractivity contribution in [2.45, 2.75) is 18.9 Å². The van der Waals surface area contributed by atoms with Gasteiger partial charge >= 0.3 is 5.63 Å². The number of hydrogen-bond acceptors (Lipinski definition) is 7. The van der Waals surface area contributed by atoms with Crippen LogP contribution in [0.4, 0.5) is 0 Å². The van der Waals surface area contributed by atoms with Gasteiger partial charge in [0.15, 0.2) is 11.5 Å². The van der Waals surface area contributed by atoms with Gasteiger partial charge in [0, 0.05) is 18.6 Å². The summed E-state index contributed by atoms with van der Waals surface area (Å²) in [6.07, 6.45) is -0.613. The molecule has 2 atom stereocenters. The topological polar surface area (TPSA) is 98.4 Å². The fourth-order valence-corrected chi connectivity index (χ4v) is 5.77. The average Bonchev–Trinajstić information content (AvgIpc) is 3.32. The van der Waals surface area contributed by atoms with E-state index in [1.807, 2.05) is 12.1 Å². The number of rotatable bonds is 3. The zero-order valence-electron chi connectivity index (χ0n) is 18.7. The van der Waals surface area contributed by atoms with Crippen molar-refractivity contribution < 1.29 is 28.8 Å². The highest BCUT2D eigenvalue weighted by Crippen LogP contribution is 2.47. The summed E-state index contributed by atoms with van der Waals surface area (Å²) in [4.78, 5) is 13.4. The van der Waals surface area contributed by atoms with Crippen LogP contribution < -0.4 is 19.8 Å². The Bertz CT molecular complexity index is 1640. The molecule has 182 valence electrons. The van der Waals surface area contributed by atoms with Crippen LogP contribution in [0.2, 0.25) is 0 Å². The zero-order valence-corrected chi connectivity index (χ0v) is 23.1. The van der Waals surface area contributed by atoms with Crippen LogP contribution in [-0.4, -0.2) is 23.1 Å². The van der Waals surface area contributed by atoms with E-state index in [2.05, 4.69) is 45.2 Å². The number of aliphatic hydroxyl groups is 1. The minimum atomic E-state index is -0.890. The Kier molecular flexibility index (Phi) is 5.78. The van der Waals surface area contributed by atoms with E-state index in [0.29, 0.717) is 39.3 Å². The van der Waals surface area contributed by atoms with E-state index in [-0.39, 0.29) is 29.4 Å². The molecule has 3 heterocycles. The molecule has 0 fully saturated rings. The first-order valence-corrected chi connectivity index (χ1v) is 13.2. The van der Waals surface area contributed by atoms with Crippen molar-refractivity contribution in [1.29, 1.82) is 0 Å². The molecule has 4 aromatic rings. The number of aromatic hydroxyl groups is 1. The minimum absolute atomic E-state index is 0.00790. The molecular weight excluding hydrogens is 690 g/mol. The fourth-order valence-electron chi connectivity index (χ4n) is 4.79. The number of hydrogen-bond donors (Lipinski definition) is 2. The van der Waals surface area contributed by atoms with Crippen molar-refractivity contribution in [2.24, 2.45) is 0 Å². The molecule has 1 aromatic heterocycles. The molecule has 2 N–H and O–H groups in total. The molecule has 0 saturated heterocycles. The van der Waals surface area contributed by atoms with E-state index in [1.165, 1.54) is 0 Å². The van der Waals surface area contributed by atoms with Crippen molar-refractivity contribution in [1.82, 2.24) is 0 Å². The molecule has 6 rings (SSSR count). The molecule has 36 heavy (non-hydrogen) atoms. The number of halogens is 2. The summed E-state index contributed by atoms with van der Waals surface area (Å²) in [6, 6.07) is 16.0. The third-order valence-corrected chi connectivity index (χ3v) is 7.76. The van der Waals surface area contributed by atoms with Crippen molar-refractivity contribution in [2.75, 3.05) is 6.79 Å². The number of aliphatic hydroxyl groups excluding tert-OH is 1. The highest BCUT2D eigenvalue weighted by molar-refractivity contribution is 14.1. The molecule has 7 nitrogen and oxygen atoms in total. The molecule has 2 aliphatic heterocycles. The van der Waals surface area contributed by atoms with Crippen molar-refractivity contribution >= 4 is 61.9 Å². The van der Waals surface area contributed by atoms with E-state index in [9.17, 15) is 15.0 Å². The fraction of sp³-hybridized carbons (Fsp3) is 0.148. The maximum absolute atomic E-state index is 13.4. The van der Waals surface area contributed by atoms with Crippen LogP contribution in [0, 0.1) is 7.14 Å². The Morgan fingerprint density at radius 3 is 2.47 bits per heavy atom. The second-order valence-electron chi connectivity index (χ2n) is 8.54. The molecule has 0 saturated carbocycles. The van der Waals surface area contributed by atoms with E-state index in [1.54, 1.807) is 49.4 Å². The Hall–Kier alpha value is -2.93. The molecular formula is C27H18I2O7. The summed E-state index contributed by atoms with van der Waals surface area (Å²) in [5.74, 6) is 0.524. The van der Waals surface area contributed by atoms with Gasteiger partial charge in [-0.15, -0.1) is 0 Å². The highest BCUT2D eigenvalue weighted by Gasteiger charge is 2.37. The van der Waals surface area contributed by atoms with E-state index in [0.717, 1.165) is 7.14 Å². The zero-order chi connectivity index (χ0) is 25.1. The van der Waals surface area contributed by atoms with Crippen molar-refractivity contribution in [3.8, 4) is 23.0 Å². The van der Waals surface area contributed by atoms with Crippen molar-refractivity contribution in [3.05, 3.63) is 94.4 Å². The van der Waals surface area contributed by atoms with Gasteiger partial charge < -0.3 is 28.8 Å². The van der Waals surface area contributed by atoms with Gasteiger partial charge in [0.2, 0.25) is 6.79 Å². The average molecular weight is 708 g/mol. The maximum atomic E-state index is 13.4. The van der Waals surface area contributed by atoms with Crippen LogP contribution in [0.5, 0.6) is 23.0 Å². The Morgan fingerprint density at radius 2 is 1.64 bits per heavy atom. The molecule has 0 radical (unpaired) electrons. The first kappa shape index (κ1) is 23.5. The molecule has 0 aliphatic carbocycles. The summed E-state index contributed by atoms with van der Waals surface area (Å²) >= 11 is 4.30. The first-order chi connectivity index (χ1) is 17.3. The van der Waals surface area contributed by atoms with Gasteiger partial charge in [-0.05, 0) is 106 Å². The monoisotopic (exact) mass is 708 g/mol. The van der Waals surface area contributed by atoms with E-state index in [4.69, 9.17) is 18.6 Å².